The average molecular weight is 1080 g/mol. The van der Waals surface area contributed by atoms with E-state index in [2.05, 4.69) is 152 Å². The first kappa shape index (κ1) is 57.9. The fourth-order valence-corrected chi connectivity index (χ4v) is 13.3. The Kier molecular flexibility index (Phi) is 21.5. The number of benzene rings is 9. The molecule has 1 heterocycles. The summed E-state index contributed by atoms with van der Waals surface area (Å²) in [6.07, 6.45) is 38.7. The summed E-state index contributed by atoms with van der Waals surface area (Å²) in [6, 6.07) is 43.0. The van der Waals surface area contributed by atoms with Crippen LogP contribution in [-0.2, 0) is 0 Å². The number of fused-ring (bicyclic) bond motifs is 2. The van der Waals surface area contributed by atoms with Crippen LogP contribution in [0.4, 0.5) is 0 Å². The van der Waals surface area contributed by atoms with Crippen molar-refractivity contribution in [3.8, 4) is 34.8 Å². The Morgan fingerprint density at radius 1 is 0.309 bits per heavy atom. The number of ether oxygens (including phenoxy) is 3. The second-order valence-electron chi connectivity index (χ2n) is 23.9. The summed E-state index contributed by atoms with van der Waals surface area (Å²) < 4.78 is 23.0. The van der Waals surface area contributed by atoms with Crippen LogP contribution in [-0.4, -0.2) is 19.8 Å². The molecule has 424 valence electrons. The lowest BCUT2D eigenvalue weighted by Gasteiger charge is -2.21. The fourth-order valence-electron chi connectivity index (χ4n) is 13.3. The van der Waals surface area contributed by atoms with E-state index in [0.717, 1.165) is 47.6 Å². The highest BCUT2D eigenvalue weighted by molar-refractivity contribution is 6.46. The van der Waals surface area contributed by atoms with Crippen molar-refractivity contribution in [2.45, 2.75) is 213 Å². The third-order valence-electron chi connectivity index (χ3n) is 17.6. The number of aromatic nitrogens is 1. The van der Waals surface area contributed by atoms with Crippen LogP contribution in [0.25, 0.3) is 81.4 Å². The second kappa shape index (κ2) is 30.1. The molecule has 0 bridgehead atoms. The SMILES string of the molecule is CCCCCCCCCCCCOc1cc(C#Cc2cc3c4cccc5ccc6c(c54)c4c3c(c2)c2cccc3ccc(c4c32)[n+]6-c2ccccc2)cc(OCCCCCCCCCCCC)c1OCCCCCCCCCCCC. The van der Waals surface area contributed by atoms with Crippen molar-refractivity contribution in [3.63, 3.8) is 0 Å². The minimum Gasteiger partial charge on any atom is -0.490 e. The van der Waals surface area contributed by atoms with Gasteiger partial charge in [0.1, 0.15) is 0 Å². The van der Waals surface area contributed by atoms with E-state index in [9.17, 15) is 0 Å². The molecular weight excluding hydrogens is 987 g/mol. The molecule has 10 rings (SSSR count). The summed E-state index contributed by atoms with van der Waals surface area (Å²) in [7, 11) is 0. The first-order valence-corrected chi connectivity index (χ1v) is 32.8. The van der Waals surface area contributed by atoms with Gasteiger partial charge in [-0.1, -0.05) is 261 Å². The molecule has 1 aromatic heterocycles. The molecule has 0 unspecified atom stereocenters. The molecule has 0 aliphatic rings. The molecule has 0 amide bonds. The molecule has 0 spiro atoms. The summed E-state index contributed by atoms with van der Waals surface area (Å²) in [4.78, 5) is 0. The topological polar surface area (TPSA) is 31.6 Å². The van der Waals surface area contributed by atoms with E-state index in [4.69, 9.17) is 14.2 Å². The van der Waals surface area contributed by atoms with Crippen LogP contribution in [0, 0.1) is 11.8 Å². The van der Waals surface area contributed by atoms with E-state index >= 15 is 0 Å². The zero-order chi connectivity index (χ0) is 55.4. The first-order valence-electron chi connectivity index (χ1n) is 32.8. The van der Waals surface area contributed by atoms with Gasteiger partial charge in [0, 0.05) is 51.6 Å². The third kappa shape index (κ3) is 14.1. The van der Waals surface area contributed by atoms with Crippen molar-refractivity contribution in [3.05, 3.63) is 126 Å². The quantitative estimate of drug-likeness (QED) is 0.0128. The molecule has 0 saturated carbocycles. The maximum atomic E-state index is 6.83. The molecule has 0 radical (unpaired) electrons. The molecular formula is C77H94NO3+. The Hall–Kier alpha value is -6.31. The van der Waals surface area contributed by atoms with E-state index in [0.29, 0.717) is 19.8 Å². The van der Waals surface area contributed by atoms with Crippen molar-refractivity contribution in [2.75, 3.05) is 19.8 Å². The molecule has 0 N–H and O–H groups in total. The Labute approximate surface area is 486 Å². The number of para-hydroxylation sites is 1. The lowest BCUT2D eigenvalue weighted by Crippen LogP contribution is -2.33. The molecule has 0 saturated heterocycles. The van der Waals surface area contributed by atoms with Gasteiger partial charge in [-0.2, -0.15) is 4.57 Å². The lowest BCUT2D eigenvalue weighted by atomic mass is 9.82. The Balaban J connectivity index is 0.976. The van der Waals surface area contributed by atoms with Crippen molar-refractivity contribution < 1.29 is 18.8 Å². The van der Waals surface area contributed by atoms with E-state index < -0.39 is 0 Å². The minimum absolute atomic E-state index is 0.652. The summed E-state index contributed by atoms with van der Waals surface area (Å²) in [5.74, 6) is 9.74. The van der Waals surface area contributed by atoms with Crippen molar-refractivity contribution in [1.82, 2.24) is 0 Å². The van der Waals surface area contributed by atoms with Gasteiger partial charge in [0.25, 0.3) is 0 Å². The molecule has 4 nitrogen and oxygen atoms in total. The smallest absolute Gasteiger partial charge is 0.220 e. The molecule has 4 heteroatoms. The zero-order valence-electron chi connectivity index (χ0n) is 50.0. The Morgan fingerprint density at radius 2 is 0.691 bits per heavy atom. The van der Waals surface area contributed by atoms with E-state index in [-0.39, 0.29) is 0 Å². The lowest BCUT2D eigenvalue weighted by molar-refractivity contribution is -0.537. The normalized spacial score (nSPS) is 11.9. The number of hydrogen-bond donors (Lipinski definition) is 0. The molecule has 81 heavy (non-hydrogen) atoms. The molecule has 0 atom stereocenters. The van der Waals surface area contributed by atoms with E-state index in [1.807, 2.05) is 0 Å². The maximum absolute atomic E-state index is 6.83. The summed E-state index contributed by atoms with van der Waals surface area (Å²) >= 11 is 0. The molecule has 9 aromatic carbocycles. The Bertz CT molecular complexity index is 3380. The number of pyridine rings is 1. The number of rotatable bonds is 37. The highest BCUT2D eigenvalue weighted by atomic mass is 16.5. The van der Waals surface area contributed by atoms with Crippen molar-refractivity contribution in [2.24, 2.45) is 0 Å². The number of nitrogens with zero attached hydrogens (tertiary/aromatic N) is 1. The van der Waals surface area contributed by atoms with Gasteiger partial charge in [-0.05, 0) is 93.4 Å². The van der Waals surface area contributed by atoms with Crippen molar-refractivity contribution >= 4 is 75.7 Å². The van der Waals surface area contributed by atoms with Crippen LogP contribution in [0.5, 0.6) is 17.2 Å². The van der Waals surface area contributed by atoms with Crippen LogP contribution in [0.3, 0.4) is 0 Å². The van der Waals surface area contributed by atoms with E-state index in [1.165, 1.54) is 255 Å². The predicted molar refractivity (Wildman–Crippen MR) is 349 cm³/mol. The minimum atomic E-state index is 0.652. The predicted octanol–water partition coefficient (Wildman–Crippen LogP) is 22.6. The van der Waals surface area contributed by atoms with Gasteiger partial charge in [-0.25, -0.2) is 0 Å². The summed E-state index contributed by atoms with van der Waals surface area (Å²) in [5.41, 5.74) is 5.53. The standard InChI is InChI=1S/C77H94NO3/c1-4-7-10-13-16-19-22-25-28-34-51-79-69-56-59(57-70(80-52-35-29-26-23-20-17-14-11-8-5-2)77(69)81-53-36-30-27-24-21-18-15-12-9-6-3)46-45-58-54-65-63-43-37-39-60-47-49-67-74(71(60)63)76-73(65)66(55-58)64-44-38-40-61-48-50-68(75(76)72(61)64)78(67)62-41-32-31-33-42-62/h31-33,37-44,47-50,54-57H,4-30,34-36,51-53H2,1-3H3/q+1. The van der Waals surface area contributed by atoms with Gasteiger partial charge >= 0.3 is 0 Å². The van der Waals surface area contributed by atoms with Crippen LogP contribution in [0.1, 0.15) is 225 Å². The van der Waals surface area contributed by atoms with Gasteiger partial charge < -0.3 is 14.2 Å². The average Bonchev–Trinajstić information content (AvgIpc) is 1.56. The van der Waals surface area contributed by atoms with Gasteiger partial charge in [0.05, 0.1) is 30.6 Å². The molecule has 0 aliphatic heterocycles. The van der Waals surface area contributed by atoms with Gasteiger partial charge in [-0.3, -0.25) is 0 Å². The highest BCUT2D eigenvalue weighted by Crippen LogP contribution is 2.50. The molecule has 0 aliphatic carbocycles. The van der Waals surface area contributed by atoms with Gasteiger partial charge in [-0.15, -0.1) is 0 Å². The molecule has 10 aromatic rings. The Morgan fingerprint density at radius 3 is 1.11 bits per heavy atom. The zero-order valence-corrected chi connectivity index (χ0v) is 50.0. The summed E-state index contributed by atoms with van der Waals surface area (Å²) in [5, 5.41) is 15.5. The number of unbranched alkanes of at least 4 members (excludes halogenated alkanes) is 27. The monoisotopic (exact) mass is 1080 g/mol. The highest BCUT2D eigenvalue weighted by Gasteiger charge is 2.30. The van der Waals surface area contributed by atoms with Gasteiger partial charge in [0.15, 0.2) is 11.5 Å². The van der Waals surface area contributed by atoms with Crippen LogP contribution in [0.2, 0.25) is 0 Å². The van der Waals surface area contributed by atoms with Crippen molar-refractivity contribution in [1.29, 1.82) is 0 Å². The van der Waals surface area contributed by atoms with E-state index in [1.54, 1.807) is 0 Å². The molecule has 0 fully saturated rings. The van der Waals surface area contributed by atoms with Crippen LogP contribution < -0.4 is 18.8 Å². The first-order chi connectivity index (χ1) is 40.2. The van der Waals surface area contributed by atoms with Crippen LogP contribution >= 0.6 is 0 Å². The number of hydrogen-bond acceptors (Lipinski definition) is 3. The fraction of sp³-hybridized carbons (Fsp3) is 0.468. The maximum Gasteiger partial charge on any atom is 0.220 e. The second-order valence-corrected chi connectivity index (χ2v) is 23.9. The summed E-state index contributed by atoms with van der Waals surface area (Å²) in [6.45, 7) is 8.85. The van der Waals surface area contributed by atoms with Crippen LogP contribution in [0.15, 0.2) is 115 Å². The van der Waals surface area contributed by atoms with Gasteiger partial charge in [0.2, 0.25) is 22.5 Å². The third-order valence-corrected chi connectivity index (χ3v) is 17.6. The largest absolute Gasteiger partial charge is 0.490 e.